The zero-order chi connectivity index (χ0) is 30.7. The van der Waals surface area contributed by atoms with Crippen molar-refractivity contribution in [1.82, 2.24) is 10.6 Å². The van der Waals surface area contributed by atoms with Crippen molar-refractivity contribution in [2.24, 2.45) is 0 Å². The van der Waals surface area contributed by atoms with Crippen molar-refractivity contribution in [3.8, 4) is 5.75 Å². The lowest BCUT2D eigenvalue weighted by Crippen LogP contribution is -2.64. The number of carbonyl (C=O) groups is 5. The van der Waals surface area contributed by atoms with Gasteiger partial charge in [0.15, 0.2) is 23.4 Å². The van der Waals surface area contributed by atoms with Gasteiger partial charge >= 0.3 is 23.9 Å². The van der Waals surface area contributed by atoms with Gasteiger partial charge in [-0.1, -0.05) is 12.1 Å². The summed E-state index contributed by atoms with van der Waals surface area (Å²) in [4.78, 5) is 60.6. The standard InChI is InChI=1S/C26H33N3O11S/c1-13(30)27-22-18(29-26(41)28-17-9-7-8-10-19(17)35-5)11-20(25(34)36-6)40-24(22)23(39-16(4)33)21(38-15(3)32)12-37-14(2)31/h7-11,18,21-24H,12H2,1-6H3,(H,27,30)(H2,28,29,41)/t18-,21+,22+,23+,24+/m0/s1. The Kier molecular flexibility index (Phi) is 12.3. The molecule has 2 rings (SSSR count). The Morgan fingerprint density at radius 1 is 0.951 bits per heavy atom. The highest BCUT2D eigenvalue weighted by Crippen LogP contribution is 2.28. The molecule has 0 radical (unpaired) electrons. The summed E-state index contributed by atoms with van der Waals surface area (Å²) in [7, 11) is 2.62. The number of carbonyl (C=O) groups excluding carboxylic acids is 5. The SMILES string of the molecule is COC(=O)C1=C[C@H](NC(=S)Nc2ccccc2OC)[C@@H](NC(C)=O)[C@H]([C@H](OC(C)=O)[C@@H](COC(C)=O)OC(C)=O)O1. The minimum absolute atomic E-state index is 0.0662. The Morgan fingerprint density at radius 2 is 1.61 bits per heavy atom. The third kappa shape index (κ3) is 9.94. The molecule has 3 N–H and O–H groups in total. The fourth-order valence-corrected chi connectivity index (χ4v) is 4.21. The normalized spacial score (nSPS) is 19.1. The minimum atomic E-state index is -1.49. The average molecular weight is 596 g/mol. The smallest absolute Gasteiger partial charge is 0.373 e. The van der Waals surface area contributed by atoms with Crippen LogP contribution in [-0.2, 0) is 47.7 Å². The van der Waals surface area contributed by atoms with Crippen LogP contribution in [-0.4, -0.2) is 86.1 Å². The van der Waals surface area contributed by atoms with Crippen LogP contribution in [0.15, 0.2) is 36.1 Å². The first-order chi connectivity index (χ1) is 19.4. The quantitative estimate of drug-likeness (QED) is 0.185. The van der Waals surface area contributed by atoms with Crippen molar-refractivity contribution in [1.29, 1.82) is 0 Å². The number of thiocarbonyl (C=S) groups is 1. The molecule has 0 fully saturated rings. The molecule has 0 unspecified atom stereocenters. The molecular weight excluding hydrogens is 562 g/mol. The summed E-state index contributed by atoms with van der Waals surface area (Å²) in [5.74, 6) is -3.52. The maximum atomic E-state index is 12.6. The third-order valence-corrected chi connectivity index (χ3v) is 5.72. The van der Waals surface area contributed by atoms with Gasteiger partial charge in [0.2, 0.25) is 11.7 Å². The lowest BCUT2D eigenvalue weighted by Gasteiger charge is -2.42. The molecule has 0 saturated carbocycles. The van der Waals surface area contributed by atoms with E-state index in [4.69, 9.17) is 40.6 Å². The molecule has 14 nitrogen and oxygen atoms in total. The molecule has 1 aliphatic rings. The maximum absolute atomic E-state index is 12.6. The molecular formula is C26H33N3O11S. The van der Waals surface area contributed by atoms with Crippen LogP contribution in [0.1, 0.15) is 27.7 Å². The number of anilines is 1. The highest BCUT2D eigenvalue weighted by Gasteiger charge is 2.48. The van der Waals surface area contributed by atoms with Crippen molar-refractivity contribution < 1.29 is 52.4 Å². The van der Waals surface area contributed by atoms with Crippen LogP contribution in [0.3, 0.4) is 0 Å². The number of hydrogen-bond donors (Lipinski definition) is 3. The Bertz CT molecular complexity index is 1190. The van der Waals surface area contributed by atoms with Crippen molar-refractivity contribution in [2.75, 3.05) is 26.1 Å². The molecule has 15 heteroatoms. The molecule has 0 spiro atoms. The van der Waals surface area contributed by atoms with Crippen molar-refractivity contribution in [3.63, 3.8) is 0 Å². The van der Waals surface area contributed by atoms with E-state index in [0.717, 1.165) is 27.9 Å². The molecule has 1 amide bonds. The van der Waals surface area contributed by atoms with Gasteiger partial charge in [0, 0.05) is 27.7 Å². The predicted octanol–water partition coefficient (Wildman–Crippen LogP) is 0.737. The maximum Gasteiger partial charge on any atom is 0.373 e. The summed E-state index contributed by atoms with van der Waals surface area (Å²) in [5.41, 5.74) is 0.526. The first kappa shape index (κ1) is 32.8. The van der Waals surface area contributed by atoms with Crippen molar-refractivity contribution in [2.45, 2.75) is 58.1 Å². The van der Waals surface area contributed by atoms with Gasteiger partial charge in [0.25, 0.3) is 0 Å². The molecule has 1 heterocycles. The Balaban J connectivity index is 2.56. The minimum Gasteiger partial charge on any atom is -0.495 e. The van der Waals surface area contributed by atoms with Crippen molar-refractivity contribution in [3.05, 3.63) is 36.1 Å². The summed E-state index contributed by atoms with van der Waals surface area (Å²) in [5, 5.41) is 8.76. The first-order valence-electron chi connectivity index (χ1n) is 12.3. The number of para-hydroxylation sites is 2. The number of nitrogens with one attached hydrogen (secondary N) is 3. The van der Waals surface area contributed by atoms with Gasteiger partial charge in [-0.2, -0.15) is 0 Å². The van der Waals surface area contributed by atoms with Crippen LogP contribution < -0.4 is 20.7 Å². The Morgan fingerprint density at radius 3 is 2.17 bits per heavy atom. The van der Waals surface area contributed by atoms with E-state index in [-0.39, 0.29) is 10.9 Å². The molecule has 0 aliphatic carbocycles. The lowest BCUT2D eigenvalue weighted by atomic mass is 9.91. The largest absolute Gasteiger partial charge is 0.495 e. The van der Waals surface area contributed by atoms with Gasteiger partial charge in [0.1, 0.15) is 12.4 Å². The molecule has 0 saturated heterocycles. The zero-order valence-corrected chi connectivity index (χ0v) is 24.2. The van der Waals surface area contributed by atoms with E-state index < -0.39 is 66.8 Å². The first-order valence-corrected chi connectivity index (χ1v) is 12.7. The Hall–Kier alpha value is -4.40. The second-order valence-electron chi connectivity index (χ2n) is 8.68. The van der Waals surface area contributed by atoms with Gasteiger partial charge in [0.05, 0.1) is 32.0 Å². The molecule has 224 valence electrons. The third-order valence-electron chi connectivity index (χ3n) is 5.50. The lowest BCUT2D eigenvalue weighted by molar-refractivity contribution is -0.188. The fraction of sp³-hybridized carbons (Fsp3) is 0.462. The van der Waals surface area contributed by atoms with Crippen LogP contribution in [0.4, 0.5) is 5.69 Å². The number of rotatable bonds is 11. The van der Waals surface area contributed by atoms with E-state index in [1.165, 1.54) is 20.1 Å². The van der Waals surface area contributed by atoms with Gasteiger partial charge < -0.3 is 44.4 Å². The summed E-state index contributed by atoms with van der Waals surface area (Å²) in [6.07, 6.45) is -2.93. The summed E-state index contributed by atoms with van der Waals surface area (Å²) in [6, 6.07) is 4.91. The van der Waals surface area contributed by atoms with Crippen LogP contribution in [0.5, 0.6) is 5.75 Å². The molecule has 0 aromatic heterocycles. The number of hydrogen-bond acceptors (Lipinski definition) is 12. The van der Waals surface area contributed by atoms with E-state index in [1.54, 1.807) is 24.3 Å². The predicted molar refractivity (Wildman–Crippen MR) is 146 cm³/mol. The van der Waals surface area contributed by atoms with E-state index in [9.17, 15) is 24.0 Å². The monoisotopic (exact) mass is 595 g/mol. The van der Waals surface area contributed by atoms with E-state index in [1.807, 2.05) is 0 Å². The van der Waals surface area contributed by atoms with Crippen LogP contribution in [0, 0.1) is 0 Å². The summed E-state index contributed by atoms with van der Waals surface area (Å²) >= 11 is 5.49. The summed E-state index contributed by atoms with van der Waals surface area (Å²) < 4.78 is 31.9. The van der Waals surface area contributed by atoms with Crippen LogP contribution >= 0.6 is 12.2 Å². The zero-order valence-electron chi connectivity index (χ0n) is 23.4. The second kappa shape index (κ2) is 15.4. The van der Waals surface area contributed by atoms with Crippen LogP contribution in [0.25, 0.3) is 0 Å². The molecule has 0 bridgehead atoms. The highest BCUT2D eigenvalue weighted by atomic mass is 32.1. The highest BCUT2D eigenvalue weighted by molar-refractivity contribution is 7.80. The number of benzene rings is 1. The van der Waals surface area contributed by atoms with E-state index in [2.05, 4.69) is 16.0 Å². The van der Waals surface area contributed by atoms with E-state index in [0.29, 0.717) is 11.4 Å². The Labute approximate surface area is 242 Å². The molecule has 1 aliphatic heterocycles. The number of methoxy groups -OCH3 is 2. The number of esters is 4. The average Bonchev–Trinajstić information content (AvgIpc) is 2.89. The second-order valence-corrected chi connectivity index (χ2v) is 9.09. The van der Waals surface area contributed by atoms with Crippen molar-refractivity contribution >= 4 is 52.8 Å². The van der Waals surface area contributed by atoms with Gasteiger partial charge in [-0.05, 0) is 30.4 Å². The molecule has 1 aromatic rings. The number of ether oxygens (including phenoxy) is 6. The van der Waals surface area contributed by atoms with Crippen LogP contribution in [0.2, 0.25) is 0 Å². The fourth-order valence-electron chi connectivity index (χ4n) is 3.97. The molecule has 5 atom stereocenters. The van der Waals surface area contributed by atoms with Gasteiger partial charge in [-0.25, -0.2) is 4.79 Å². The summed E-state index contributed by atoms with van der Waals surface area (Å²) in [6.45, 7) is 4.05. The topological polar surface area (TPSA) is 177 Å². The molecule has 1 aromatic carbocycles. The number of amides is 1. The molecule has 41 heavy (non-hydrogen) atoms. The van der Waals surface area contributed by atoms with E-state index >= 15 is 0 Å². The van der Waals surface area contributed by atoms with Gasteiger partial charge in [-0.15, -0.1) is 0 Å². The van der Waals surface area contributed by atoms with Gasteiger partial charge in [-0.3, -0.25) is 19.2 Å².